The van der Waals surface area contributed by atoms with E-state index in [0.29, 0.717) is 16.3 Å². The number of aliphatic carboxylic acids is 1. The number of hydrogen-bond acceptors (Lipinski definition) is 4. The van der Waals surface area contributed by atoms with Gasteiger partial charge in [-0.05, 0) is 18.1 Å². The molecule has 0 saturated heterocycles. The van der Waals surface area contributed by atoms with Crippen LogP contribution < -0.4 is 5.32 Å². The zero-order valence-corrected chi connectivity index (χ0v) is 13.6. The van der Waals surface area contributed by atoms with Gasteiger partial charge in [-0.3, -0.25) is 4.79 Å². The highest BCUT2D eigenvalue weighted by Crippen LogP contribution is 2.24. The maximum Gasteiger partial charge on any atom is 0.326 e. The predicted molar refractivity (Wildman–Crippen MR) is 85.6 cm³/mol. The number of nitrogens with one attached hydrogen (secondary N) is 1. The Balaban J connectivity index is 2.04. The fraction of sp³-hybridized carbons (Fsp3) is 0.312. The maximum absolute atomic E-state index is 13.2. The Bertz CT molecular complexity index is 715. The van der Waals surface area contributed by atoms with Crippen molar-refractivity contribution in [3.05, 3.63) is 41.2 Å². The van der Waals surface area contributed by atoms with Crippen LogP contribution in [-0.4, -0.2) is 28.0 Å². The molecule has 2 rings (SSSR count). The second-order valence-electron chi connectivity index (χ2n) is 5.46. The molecule has 1 heterocycles. The third-order valence-corrected chi connectivity index (χ3v) is 4.15. The smallest absolute Gasteiger partial charge is 0.326 e. The van der Waals surface area contributed by atoms with Gasteiger partial charge in [-0.15, -0.1) is 11.3 Å². The molecule has 1 atom stereocenters. The first-order valence-corrected chi connectivity index (χ1v) is 7.97. The van der Waals surface area contributed by atoms with Gasteiger partial charge in [-0.1, -0.05) is 26.0 Å². The molecular formula is C16H17FN2O3S. The first kappa shape index (κ1) is 17.1. The number of nitrogens with zero attached hydrogens (tertiary/aromatic N) is 1. The zero-order chi connectivity index (χ0) is 17.0. The highest BCUT2D eigenvalue weighted by Gasteiger charge is 2.23. The predicted octanol–water partition coefficient (Wildman–Crippen LogP) is 2.72. The molecule has 0 bridgehead atoms. The number of aromatic nitrogens is 1. The van der Waals surface area contributed by atoms with Crippen LogP contribution in [0.5, 0.6) is 0 Å². The molecule has 0 aliphatic carbocycles. The molecule has 7 heteroatoms. The SMILES string of the molecule is CC(C)C(NC(=O)Cc1csc(-c2cccc(F)c2)n1)C(=O)O. The van der Waals surface area contributed by atoms with E-state index in [2.05, 4.69) is 10.3 Å². The number of rotatable bonds is 6. The fourth-order valence-corrected chi connectivity index (χ4v) is 2.86. The van der Waals surface area contributed by atoms with Crippen LogP contribution in [0.25, 0.3) is 10.6 Å². The van der Waals surface area contributed by atoms with Crippen molar-refractivity contribution in [3.63, 3.8) is 0 Å². The lowest BCUT2D eigenvalue weighted by atomic mass is 10.0. The molecule has 1 aromatic carbocycles. The molecule has 5 nitrogen and oxygen atoms in total. The van der Waals surface area contributed by atoms with Gasteiger partial charge in [0.15, 0.2) is 0 Å². The van der Waals surface area contributed by atoms with E-state index < -0.39 is 17.9 Å². The largest absolute Gasteiger partial charge is 0.480 e. The summed E-state index contributed by atoms with van der Waals surface area (Å²) in [4.78, 5) is 27.4. The summed E-state index contributed by atoms with van der Waals surface area (Å²) in [5.41, 5.74) is 1.17. The topological polar surface area (TPSA) is 79.3 Å². The quantitative estimate of drug-likeness (QED) is 0.850. The van der Waals surface area contributed by atoms with E-state index in [4.69, 9.17) is 5.11 Å². The second-order valence-corrected chi connectivity index (χ2v) is 6.32. The molecule has 1 aromatic heterocycles. The van der Waals surface area contributed by atoms with Crippen molar-refractivity contribution < 1.29 is 19.1 Å². The molecule has 0 aliphatic heterocycles. The summed E-state index contributed by atoms with van der Waals surface area (Å²) in [5.74, 6) is -2.03. The lowest BCUT2D eigenvalue weighted by Gasteiger charge is -2.17. The number of hydrogen-bond donors (Lipinski definition) is 2. The Morgan fingerprint density at radius 2 is 2.13 bits per heavy atom. The first-order valence-electron chi connectivity index (χ1n) is 7.09. The number of thiazole rings is 1. The van der Waals surface area contributed by atoms with Crippen molar-refractivity contribution in [2.75, 3.05) is 0 Å². The van der Waals surface area contributed by atoms with Crippen LogP contribution >= 0.6 is 11.3 Å². The zero-order valence-electron chi connectivity index (χ0n) is 12.7. The van der Waals surface area contributed by atoms with E-state index in [9.17, 15) is 14.0 Å². The number of benzene rings is 1. The summed E-state index contributed by atoms with van der Waals surface area (Å²) in [6.45, 7) is 3.45. The van der Waals surface area contributed by atoms with Gasteiger partial charge in [0, 0.05) is 10.9 Å². The summed E-state index contributed by atoms with van der Waals surface area (Å²) in [7, 11) is 0. The highest BCUT2D eigenvalue weighted by molar-refractivity contribution is 7.13. The number of carboxylic acids is 1. The number of halogens is 1. The molecule has 1 amide bonds. The lowest BCUT2D eigenvalue weighted by Crippen LogP contribution is -2.44. The summed E-state index contributed by atoms with van der Waals surface area (Å²) >= 11 is 1.31. The van der Waals surface area contributed by atoms with E-state index >= 15 is 0 Å². The van der Waals surface area contributed by atoms with Gasteiger partial charge in [-0.2, -0.15) is 0 Å². The normalized spacial score (nSPS) is 12.2. The van der Waals surface area contributed by atoms with E-state index in [1.165, 1.54) is 23.5 Å². The van der Waals surface area contributed by atoms with Crippen LogP contribution in [0.2, 0.25) is 0 Å². The summed E-state index contributed by atoms with van der Waals surface area (Å²) in [6.07, 6.45) is -0.0116. The van der Waals surface area contributed by atoms with Crippen LogP contribution in [0.1, 0.15) is 19.5 Å². The summed E-state index contributed by atoms with van der Waals surface area (Å²) in [5, 5.41) is 13.9. The minimum atomic E-state index is -1.06. The Morgan fingerprint density at radius 1 is 1.39 bits per heavy atom. The molecule has 0 spiro atoms. The average molecular weight is 336 g/mol. The number of carbonyl (C=O) groups is 2. The van der Waals surface area contributed by atoms with Gasteiger partial charge < -0.3 is 10.4 Å². The van der Waals surface area contributed by atoms with Crippen LogP contribution in [0.15, 0.2) is 29.6 Å². The van der Waals surface area contributed by atoms with Gasteiger partial charge in [0.2, 0.25) is 5.91 Å². The Labute approximate surface area is 137 Å². The van der Waals surface area contributed by atoms with E-state index in [1.807, 2.05) is 0 Å². The van der Waals surface area contributed by atoms with Crippen molar-refractivity contribution in [2.45, 2.75) is 26.3 Å². The number of carboxylic acid groups (broad SMARTS) is 1. The van der Waals surface area contributed by atoms with E-state index in [1.54, 1.807) is 31.4 Å². The van der Waals surface area contributed by atoms with Crippen molar-refractivity contribution in [1.82, 2.24) is 10.3 Å². The van der Waals surface area contributed by atoms with Crippen molar-refractivity contribution >= 4 is 23.2 Å². The second kappa shape index (κ2) is 7.32. The Kier molecular flexibility index (Phi) is 5.44. The standard InChI is InChI=1S/C16H17FN2O3S/c1-9(2)14(16(21)22)19-13(20)7-12-8-23-15(18-12)10-4-3-5-11(17)6-10/h3-6,8-9,14H,7H2,1-2H3,(H,19,20)(H,21,22). The first-order chi connectivity index (χ1) is 10.9. The Hall–Kier alpha value is -2.28. The summed E-state index contributed by atoms with van der Waals surface area (Å²) < 4.78 is 13.2. The van der Waals surface area contributed by atoms with E-state index in [0.717, 1.165) is 0 Å². The van der Waals surface area contributed by atoms with Crippen LogP contribution in [0.4, 0.5) is 4.39 Å². The Morgan fingerprint density at radius 3 is 2.74 bits per heavy atom. The van der Waals surface area contributed by atoms with Crippen molar-refractivity contribution in [3.8, 4) is 10.6 Å². The maximum atomic E-state index is 13.2. The fourth-order valence-electron chi connectivity index (χ4n) is 2.04. The molecule has 2 aromatic rings. The van der Waals surface area contributed by atoms with Gasteiger partial charge in [0.05, 0.1) is 12.1 Å². The molecule has 23 heavy (non-hydrogen) atoms. The van der Waals surface area contributed by atoms with Gasteiger partial charge in [0.1, 0.15) is 16.9 Å². The molecule has 122 valence electrons. The molecule has 0 saturated carbocycles. The monoisotopic (exact) mass is 336 g/mol. The third-order valence-electron chi connectivity index (χ3n) is 3.21. The lowest BCUT2D eigenvalue weighted by molar-refractivity contribution is -0.143. The molecular weight excluding hydrogens is 319 g/mol. The minimum Gasteiger partial charge on any atom is -0.480 e. The number of carbonyl (C=O) groups excluding carboxylic acids is 1. The minimum absolute atomic E-state index is 0.0116. The average Bonchev–Trinajstić information content (AvgIpc) is 2.92. The molecule has 1 unspecified atom stereocenters. The number of amides is 1. The molecule has 0 aliphatic rings. The summed E-state index contributed by atoms with van der Waals surface area (Å²) in [6, 6.07) is 5.14. The van der Waals surface area contributed by atoms with Gasteiger partial charge in [-0.25, -0.2) is 14.2 Å². The molecule has 2 N–H and O–H groups in total. The molecule has 0 fully saturated rings. The molecule has 0 radical (unpaired) electrons. The van der Waals surface area contributed by atoms with Crippen LogP contribution in [0, 0.1) is 11.7 Å². The highest BCUT2D eigenvalue weighted by atomic mass is 32.1. The van der Waals surface area contributed by atoms with E-state index in [-0.39, 0.29) is 18.2 Å². The van der Waals surface area contributed by atoms with Crippen molar-refractivity contribution in [2.24, 2.45) is 5.92 Å². The van der Waals surface area contributed by atoms with Crippen molar-refractivity contribution in [1.29, 1.82) is 0 Å². The van der Waals surface area contributed by atoms with Gasteiger partial charge >= 0.3 is 5.97 Å². The van der Waals surface area contributed by atoms with Crippen LogP contribution in [0.3, 0.4) is 0 Å². The third kappa shape index (κ3) is 4.59. The van der Waals surface area contributed by atoms with Crippen LogP contribution in [-0.2, 0) is 16.0 Å². The van der Waals surface area contributed by atoms with Gasteiger partial charge in [0.25, 0.3) is 0 Å².